The van der Waals surface area contributed by atoms with Gasteiger partial charge in [0, 0.05) is 19.1 Å². The fourth-order valence-electron chi connectivity index (χ4n) is 2.74. The molecule has 2 aromatic carbocycles. The second kappa shape index (κ2) is 5.79. The van der Waals surface area contributed by atoms with Crippen molar-refractivity contribution in [2.45, 2.75) is 25.3 Å². The van der Waals surface area contributed by atoms with Gasteiger partial charge in [-0.2, -0.15) is 0 Å². The Morgan fingerprint density at radius 1 is 0.818 bits per heavy atom. The van der Waals surface area contributed by atoms with Crippen molar-refractivity contribution in [1.82, 2.24) is 0 Å². The Kier molecular flexibility index (Phi) is 3.84. The second-order valence-corrected chi connectivity index (χ2v) is 5.63. The van der Waals surface area contributed by atoms with Crippen LogP contribution in [0.3, 0.4) is 0 Å². The Bertz CT molecular complexity index is 668. The molecule has 0 aromatic heterocycles. The zero-order chi connectivity index (χ0) is 15.6. The zero-order valence-electron chi connectivity index (χ0n) is 12.3. The number of benzene rings is 2. The van der Waals surface area contributed by atoms with Crippen LogP contribution in [0.15, 0.2) is 58.5 Å². The van der Waals surface area contributed by atoms with Gasteiger partial charge in [-0.15, -0.1) is 0 Å². The van der Waals surface area contributed by atoms with Crippen LogP contribution in [-0.4, -0.2) is 17.6 Å². The van der Waals surface area contributed by atoms with Crippen LogP contribution < -0.4 is 0 Å². The summed E-state index contributed by atoms with van der Waals surface area (Å²) in [4.78, 5) is 8.96. The van der Waals surface area contributed by atoms with Gasteiger partial charge < -0.3 is 0 Å². The van der Waals surface area contributed by atoms with Gasteiger partial charge in [-0.25, -0.2) is 13.8 Å². The van der Waals surface area contributed by atoms with Gasteiger partial charge in [-0.1, -0.05) is 24.3 Å². The van der Waals surface area contributed by atoms with E-state index in [1.54, 1.807) is 24.3 Å². The van der Waals surface area contributed by atoms with Crippen LogP contribution in [0.2, 0.25) is 0 Å². The van der Waals surface area contributed by atoms with E-state index in [1.807, 2.05) is 13.1 Å². The first kappa shape index (κ1) is 14.6. The van der Waals surface area contributed by atoms with Crippen LogP contribution in [-0.2, 0) is 12.8 Å². The molecule has 1 aliphatic rings. The number of aliphatic imine (C=N–C) groups is 2. The third kappa shape index (κ3) is 3.27. The number of hydrogen-bond donors (Lipinski definition) is 0. The van der Waals surface area contributed by atoms with Crippen LogP contribution in [0.25, 0.3) is 0 Å². The molecule has 0 aliphatic carbocycles. The van der Waals surface area contributed by atoms with Gasteiger partial charge in [0.15, 0.2) is 0 Å². The molecule has 22 heavy (non-hydrogen) atoms. The lowest BCUT2D eigenvalue weighted by atomic mass is 9.86. The monoisotopic (exact) mass is 298 g/mol. The lowest BCUT2D eigenvalue weighted by molar-refractivity contribution is 0.576. The van der Waals surface area contributed by atoms with Crippen LogP contribution in [0.1, 0.15) is 18.1 Å². The average molecular weight is 298 g/mol. The smallest absolute Gasteiger partial charge is 0.123 e. The standard InChI is InChI=1S/C18H16F2N2/c1-13-21-12-18(22-13,10-14-2-6-16(19)7-3-14)11-15-4-8-17(20)9-5-15/h2-9,12H,10-11H2,1H3. The molecule has 0 fully saturated rings. The van der Waals surface area contributed by atoms with Gasteiger partial charge >= 0.3 is 0 Å². The molecule has 2 nitrogen and oxygen atoms in total. The largest absolute Gasteiger partial charge is 0.258 e. The van der Waals surface area contributed by atoms with E-state index in [9.17, 15) is 8.78 Å². The van der Waals surface area contributed by atoms with Gasteiger partial charge in [0.2, 0.25) is 0 Å². The van der Waals surface area contributed by atoms with Crippen molar-refractivity contribution < 1.29 is 8.78 Å². The van der Waals surface area contributed by atoms with E-state index in [4.69, 9.17) is 0 Å². The second-order valence-electron chi connectivity index (χ2n) is 5.63. The Morgan fingerprint density at radius 3 is 1.64 bits per heavy atom. The SMILES string of the molecule is CC1=NC(Cc2ccc(F)cc2)(Cc2ccc(F)cc2)C=N1. The van der Waals surface area contributed by atoms with Crippen molar-refractivity contribution in [3.8, 4) is 0 Å². The van der Waals surface area contributed by atoms with Gasteiger partial charge in [-0.05, 0) is 42.3 Å². The minimum Gasteiger partial charge on any atom is -0.258 e. The molecule has 0 unspecified atom stereocenters. The highest BCUT2D eigenvalue weighted by Gasteiger charge is 2.31. The maximum Gasteiger partial charge on any atom is 0.123 e. The highest BCUT2D eigenvalue weighted by Crippen LogP contribution is 2.26. The van der Waals surface area contributed by atoms with Crippen molar-refractivity contribution in [2.24, 2.45) is 9.98 Å². The highest BCUT2D eigenvalue weighted by molar-refractivity contribution is 5.97. The quantitative estimate of drug-likeness (QED) is 0.815. The molecular formula is C18H16F2N2. The molecule has 112 valence electrons. The topological polar surface area (TPSA) is 24.7 Å². The fraction of sp³-hybridized carbons (Fsp3) is 0.222. The lowest BCUT2D eigenvalue weighted by Gasteiger charge is -2.23. The molecule has 0 saturated heterocycles. The summed E-state index contributed by atoms with van der Waals surface area (Å²) >= 11 is 0. The van der Waals surface area contributed by atoms with E-state index in [0.29, 0.717) is 12.8 Å². The normalized spacial score (nSPS) is 15.9. The first-order chi connectivity index (χ1) is 10.5. The lowest BCUT2D eigenvalue weighted by Crippen LogP contribution is -2.32. The number of amidine groups is 1. The minimum atomic E-state index is -0.486. The molecule has 0 bridgehead atoms. The molecule has 2 aromatic rings. The summed E-state index contributed by atoms with van der Waals surface area (Å²) in [6, 6.07) is 12.8. The number of hydrogen-bond acceptors (Lipinski definition) is 2. The Morgan fingerprint density at radius 2 is 1.27 bits per heavy atom. The third-order valence-electron chi connectivity index (χ3n) is 3.72. The first-order valence-corrected chi connectivity index (χ1v) is 7.15. The molecule has 0 atom stereocenters. The van der Waals surface area contributed by atoms with Crippen LogP contribution >= 0.6 is 0 Å². The summed E-state index contributed by atoms with van der Waals surface area (Å²) in [5, 5.41) is 0. The molecule has 1 heterocycles. The summed E-state index contributed by atoms with van der Waals surface area (Å²) < 4.78 is 26.1. The average Bonchev–Trinajstić information content (AvgIpc) is 2.85. The number of nitrogens with zero attached hydrogens (tertiary/aromatic N) is 2. The van der Waals surface area contributed by atoms with Crippen molar-refractivity contribution in [3.05, 3.63) is 71.3 Å². The molecule has 4 heteroatoms. The minimum absolute atomic E-state index is 0.254. The Labute approximate surface area is 128 Å². The predicted molar refractivity (Wildman–Crippen MR) is 84.5 cm³/mol. The molecule has 3 rings (SSSR count). The van der Waals surface area contributed by atoms with E-state index >= 15 is 0 Å². The van der Waals surface area contributed by atoms with Crippen molar-refractivity contribution in [1.29, 1.82) is 0 Å². The maximum atomic E-state index is 13.1. The molecule has 0 amide bonds. The van der Waals surface area contributed by atoms with Crippen molar-refractivity contribution in [3.63, 3.8) is 0 Å². The summed E-state index contributed by atoms with van der Waals surface area (Å²) in [7, 11) is 0. The van der Waals surface area contributed by atoms with E-state index in [2.05, 4.69) is 9.98 Å². The van der Waals surface area contributed by atoms with Crippen molar-refractivity contribution in [2.75, 3.05) is 0 Å². The van der Waals surface area contributed by atoms with Crippen LogP contribution in [0.5, 0.6) is 0 Å². The molecule has 0 saturated carbocycles. The Balaban J connectivity index is 1.87. The molecule has 0 N–H and O–H groups in total. The predicted octanol–water partition coefficient (Wildman–Crippen LogP) is 3.99. The summed E-state index contributed by atoms with van der Waals surface area (Å²) in [6.07, 6.45) is 3.10. The van der Waals surface area contributed by atoms with E-state index < -0.39 is 5.54 Å². The van der Waals surface area contributed by atoms with Gasteiger partial charge in [0.25, 0.3) is 0 Å². The van der Waals surface area contributed by atoms with Gasteiger partial charge in [-0.3, -0.25) is 4.99 Å². The number of halogens is 2. The zero-order valence-corrected chi connectivity index (χ0v) is 12.3. The molecular weight excluding hydrogens is 282 g/mol. The van der Waals surface area contributed by atoms with Crippen LogP contribution in [0, 0.1) is 11.6 Å². The Hall–Kier alpha value is -2.36. The molecule has 0 spiro atoms. The fourth-order valence-corrected chi connectivity index (χ4v) is 2.74. The van der Waals surface area contributed by atoms with Gasteiger partial charge in [0.1, 0.15) is 23.0 Å². The van der Waals surface area contributed by atoms with E-state index in [1.165, 1.54) is 24.3 Å². The van der Waals surface area contributed by atoms with Crippen LogP contribution in [0.4, 0.5) is 8.78 Å². The highest BCUT2D eigenvalue weighted by atomic mass is 19.1. The number of rotatable bonds is 4. The first-order valence-electron chi connectivity index (χ1n) is 7.15. The van der Waals surface area contributed by atoms with Crippen molar-refractivity contribution >= 4 is 12.1 Å². The summed E-state index contributed by atoms with van der Waals surface area (Å²) in [6.45, 7) is 1.85. The maximum absolute atomic E-state index is 13.1. The molecule has 1 aliphatic heterocycles. The van der Waals surface area contributed by atoms with Gasteiger partial charge in [0.05, 0.1) is 0 Å². The summed E-state index contributed by atoms with van der Waals surface area (Å²) in [5.41, 5.74) is 1.50. The summed E-state index contributed by atoms with van der Waals surface area (Å²) in [5.74, 6) is 0.219. The van der Waals surface area contributed by atoms with E-state index in [-0.39, 0.29) is 11.6 Å². The molecule has 0 radical (unpaired) electrons. The van der Waals surface area contributed by atoms with E-state index in [0.717, 1.165) is 17.0 Å². The third-order valence-corrected chi connectivity index (χ3v) is 3.72.